The summed E-state index contributed by atoms with van der Waals surface area (Å²) in [6.07, 6.45) is 3.25. The quantitative estimate of drug-likeness (QED) is 0.316. The van der Waals surface area contributed by atoms with Crippen LogP contribution in [0, 0.1) is 6.92 Å². The molecule has 0 saturated carbocycles. The van der Waals surface area contributed by atoms with E-state index in [9.17, 15) is 4.79 Å². The fourth-order valence-electron chi connectivity index (χ4n) is 2.59. The molecular weight excluding hydrogens is 376 g/mol. The average molecular weight is 400 g/mol. The molecule has 0 aliphatic heterocycles. The number of benzene rings is 3. The van der Waals surface area contributed by atoms with Crippen molar-refractivity contribution in [2.75, 3.05) is 6.61 Å². The highest BCUT2D eigenvalue weighted by atomic mass is 16.5. The second-order valence-electron chi connectivity index (χ2n) is 6.67. The Morgan fingerprint density at radius 2 is 1.57 bits per heavy atom. The first kappa shape index (κ1) is 20.9. The highest BCUT2D eigenvalue weighted by Gasteiger charge is 2.04. The lowest BCUT2D eigenvalue weighted by Gasteiger charge is -2.07. The van der Waals surface area contributed by atoms with Gasteiger partial charge < -0.3 is 9.47 Å². The molecule has 3 aromatic carbocycles. The maximum absolute atomic E-state index is 12.2. The van der Waals surface area contributed by atoms with Gasteiger partial charge in [0.25, 0.3) is 5.91 Å². The van der Waals surface area contributed by atoms with Gasteiger partial charge in [-0.05, 0) is 66.6 Å². The zero-order chi connectivity index (χ0) is 21.2. The molecule has 0 radical (unpaired) electrons. The monoisotopic (exact) mass is 400 g/mol. The summed E-state index contributed by atoms with van der Waals surface area (Å²) in [7, 11) is 0. The van der Waals surface area contributed by atoms with Crippen LogP contribution in [0.25, 0.3) is 0 Å². The van der Waals surface area contributed by atoms with Crippen molar-refractivity contribution in [3.05, 3.63) is 108 Å². The van der Waals surface area contributed by atoms with E-state index in [1.54, 1.807) is 36.6 Å². The molecule has 0 aliphatic rings. The Morgan fingerprint density at radius 3 is 2.23 bits per heavy atom. The molecule has 1 amide bonds. The molecule has 0 aromatic heterocycles. The van der Waals surface area contributed by atoms with Gasteiger partial charge in [0, 0.05) is 5.56 Å². The van der Waals surface area contributed by atoms with Crippen LogP contribution in [0.3, 0.4) is 0 Å². The molecule has 0 spiro atoms. The molecule has 0 aliphatic carbocycles. The fourth-order valence-corrected chi connectivity index (χ4v) is 2.59. The molecule has 5 nitrogen and oxygen atoms in total. The first-order chi connectivity index (χ1) is 14.6. The molecule has 1 N–H and O–H groups in total. The van der Waals surface area contributed by atoms with Crippen molar-refractivity contribution < 1.29 is 14.3 Å². The number of carbonyl (C=O) groups excluding carboxylic acids is 1. The van der Waals surface area contributed by atoms with Gasteiger partial charge in [0.15, 0.2) is 0 Å². The van der Waals surface area contributed by atoms with Crippen LogP contribution in [0.4, 0.5) is 0 Å². The van der Waals surface area contributed by atoms with E-state index >= 15 is 0 Å². The molecule has 0 saturated heterocycles. The summed E-state index contributed by atoms with van der Waals surface area (Å²) in [5.41, 5.74) is 6.21. The molecule has 0 atom stereocenters. The fraction of sp³-hybridized carbons (Fsp3) is 0.120. The third-order valence-corrected chi connectivity index (χ3v) is 4.27. The van der Waals surface area contributed by atoms with Crippen LogP contribution in [-0.2, 0) is 6.61 Å². The van der Waals surface area contributed by atoms with E-state index in [0.717, 1.165) is 16.9 Å². The van der Waals surface area contributed by atoms with E-state index < -0.39 is 0 Å². The summed E-state index contributed by atoms with van der Waals surface area (Å²) in [5.74, 6) is 1.16. The number of nitrogens with one attached hydrogen (secondary N) is 1. The number of nitrogens with zero attached hydrogens (tertiary/aromatic N) is 1. The molecule has 30 heavy (non-hydrogen) atoms. The van der Waals surface area contributed by atoms with Gasteiger partial charge in [0.1, 0.15) is 24.7 Å². The molecule has 0 bridgehead atoms. The smallest absolute Gasteiger partial charge is 0.271 e. The molecule has 0 heterocycles. The highest BCUT2D eigenvalue weighted by Crippen LogP contribution is 2.14. The number of hydrogen-bond donors (Lipinski definition) is 1. The number of hydrogen-bond acceptors (Lipinski definition) is 4. The Labute approximate surface area is 176 Å². The van der Waals surface area contributed by atoms with Crippen molar-refractivity contribution in [1.82, 2.24) is 5.43 Å². The minimum atomic E-state index is -0.292. The molecule has 5 heteroatoms. The minimum absolute atomic E-state index is 0.292. The van der Waals surface area contributed by atoms with Gasteiger partial charge in [-0.3, -0.25) is 4.79 Å². The lowest BCUT2D eigenvalue weighted by atomic mass is 10.2. The summed E-state index contributed by atoms with van der Waals surface area (Å²) in [5, 5.41) is 4.01. The second-order valence-corrected chi connectivity index (χ2v) is 6.67. The average Bonchev–Trinajstić information content (AvgIpc) is 2.78. The topological polar surface area (TPSA) is 59.9 Å². The predicted molar refractivity (Wildman–Crippen MR) is 119 cm³/mol. The van der Waals surface area contributed by atoms with Gasteiger partial charge in [-0.15, -0.1) is 0 Å². The van der Waals surface area contributed by atoms with Gasteiger partial charge >= 0.3 is 0 Å². The lowest BCUT2D eigenvalue weighted by Crippen LogP contribution is -2.17. The Kier molecular flexibility index (Phi) is 7.39. The third kappa shape index (κ3) is 6.34. The number of rotatable bonds is 9. The second kappa shape index (κ2) is 10.6. The normalized spacial score (nSPS) is 10.6. The molecule has 3 aromatic rings. The predicted octanol–water partition coefficient (Wildman–Crippen LogP) is 4.90. The van der Waals surface area contributed by atoms with Crippen molar-refractivity contribution >= 4 is 12.1 Å². The van der Waals surface area contributed by atoms with Crippen LogP contribution in [-0.4, -0.2) is 18.7 Å². The van der Waals surface area contributed by atoms with Crippen LogP contribution in [0.15, 0.2) is 90.6 Å². The highest BCUT2D eigenvalue weighted by molar-refractivity contribution is 5.95. The van der Waals surface area contributed by atoms with Crippen LogP contribution >= 0.6 is 0 Å². The summed E-state index contributed by atoms with van der Waals surface area (Å²) >= 11 is 0. The van der Waals surface area contributed by atoms with Crippen molar-refractivity contribution in [1.29, 1.82) is 0 Å². The lowest BCUT2D eigenvalue weighted by molar-refractivity contribution is 0.0955. The van der Waals surface area contributed by atoms with E-state index in [0.29, 0.717) is 24.5 Å². The standard InChI is InChI=1S/C25H24N2O3/c1-3-16-29-23-14-10-22(11-15-23)25(28)27-26-17-20-8-12-24(13-9-20)30-18-21-6-4-19(2)5-7-21/h3-15,17H,1,16,18H2,2H3,(H,27,28)/b26-17+. The van der Waals surface area contributed by atoms with Gasteiger partial charge in [0.05, 0.1) is 6.21 Å². The maximum Gasteiger partial charge on any atom is 0.271 e. The van der Waals surface area contributed by atoms with E-state index in [2.05, 4.69) is 48.3 Å². The van der Waals surface area contributed by atoms with Crippen LogP contribution in [0.5, 0.6) is 11.5 Å². The zero-order valence-corrected chi connectivity index (χ0v) is 16.9. The number of ether oxygens (including phenoxy) is 2. The number of hydrazone groups is 1. The molecule has 0 fully saturated rings. The molecule has 0 unspecified atom stereocenters. The van der Waals surface area contributed by atoms with Crippen molar-refractivity contribution in [3.8, 4) is 11.5 Å². The SMILES string of the molecule is C=CCOc1ccc(C(=O)N/N=C/c2ccc(OCc3ccc(C)cc3)cc2)cc1. The molecule has 152 valence electrons. The Morgan fingerprint density at radius 1 is 0.933 bits per heavy atom. The first-order valence-corrected chi connectivity index (χ1v) is 9.59. The zero-order valence-electron chi connectivity index (χ0n) is 16.9. The van der Waals surface area contributed by atoms with Gasteiger partial charge in [0.2, 0.25) is 0 Å². The summed E-state index contributed by atoms with van der Waals surface area (Å²) in [6, 6.07) is 22.6. The number of aryl methyl sites for hydroxylation is 1. The van der Waals surface area contributed by atoms with E-state index in [-0.39, 0.29) is 5.91 Å². The van der Waals surface area contributed by atoms with Crippen molar-refractivity contribution in [3.63, 3.8) is 0 Å². The third-order valence-electron chi connectivity index (χ3n) is 4.27. The Hall–Kier alpha value is -3.86. The van der Waals surface area contributed by atoms with Crippen molar-refractivity contribution in [2.45, 2.75) is 13.5 Å². The number of amides is 1. The van der Waals surface area contributed by atoms with E-state index in [1.807, 2.05) is 24.3 Å². The summed E-state index contributed by atoms with van der Waals surface area (Å²) in [6.45, 7) is 6.59. The van der Waals surface area contributed by atoms with Crippen LogP contribution < -0.4 is 14.9 Å². The van der Waals surface area contributed by atoms with Crippen molar-refractivity contribution in [2.24, 2.45) is 5.10 Å². The summed E-state index contributed by atoms with van der Waals surface area (Å²) in [4.78, 5) is 12.2. The van der Waals surface area contributed by atoms with E-state index in [1.165, 1.54) is 5.56 Å². The Balaban J connectivity index is 1.48. The maximum atomic E-state index is 12.2. The van der Waals surface area contributed by atoms with Crippen LogP contribution in [0.1, 0.15) is 27.0 Å². The first-order valence-electron chi connectivity index (χ1n) is 9.59. The summed E-state index contributed by atoms with van der Waals surface area (Å²) < 4.78 is 11.2. The van der Waals surface area contributed by atoms with Crippen LogP contribution in [0.2, 0.25) is 0 Å². The van der Waals surface area contributed by atoms with Gasteiger partial charge in [-0.1, -0.05) is 42.5 Å². The Bertz CT molecular complexity index is 992. The molecule has 3 rings (SSSR count). The van der Waals surface area contributed by atoms with E-state index in [4.69, 9.17) is 9.47 Å². The van der Waals surface area contributed by atoms with Gasteiger partial charge in [-0.25, -0.2) is 5.43 Å². The molecular formula is C25H24N2O3. The van der Waals surface area contributed by atoms with Gasteiger partial charge in [-0.2, -0.15) is 5.10 Å². The minimum Gasteiger partial charge on any atom is -0.490 e. The largest absolute Gasteiger partial charge is 0.490 e. The number of carbonyl (C=O) groups is 1.